The van der Waals surface area contributed by atoms with Gasteiger partial charge in [0, 0.05) is 34.2 Å². The van der Waals surface area contributed by atoms with Crippen LogP contribution in [0.15, 0.2) is 50.3 Å². The molecule has 0 amide bonds. The summed E-state index contributed by atoms with van der Waals surface area (Å²) in [7, 11) is 0. The van der Waals surface area contributed by atoms with Gasteiger partial charge < -0.3 is 11.5 Å². The Morgan fingerprint density at radius 3 is 2.04 bits per heavy atom. The van der Waals surface area contributed by atoms with Gasteiger partial charge in [-0.1, -0.05) is 0 Å². The number of fused-ring (bicyclic) bond motifs is 6. The van der Waals surface area contributed by atoms with Crippen molar-refractivity contribution in [3.8, 4) is 0 Å². The standard InChI is InChI=1S/C19H22N4.H3N/c1-3-14-10-16-5-7-18(22-16)19-8-6-17(23-19)11-15-4-2-13(21-15)9-12(1)20-14;/h9-11,18-20H,1-8H2;1H3. The molecule has 2 unspecified atom stereocenters. The van der Waals surface area contributed by atoms with Crippen LogP contribution >= 0.6 is 0 Å². The Balaban J connectivity index is 0.00000146. The molecule has 0 aromatic rings. The fourth-order valence-electron chi connectivity index (χ4n) is 4.22. The summed E-state index contributed by atoms with van der Waals surface area (Å²) >= 11 is 0. The molecule has 5 rings (SSSR count). The highest BCUT2D eigenvalue weighted by Crippen LogP contribution is 2.30. The first-order chi connectivity index (χ1) is 11.3. The Morgan fingerprint density at radius 1 is 0.708 bits per heavy atom. The number of rotatable bonds is 0. The van der Waals surface area contributed by atoms with Gasteiger partial charge in [-0.2, -0.15) is 0 Å². The monoisotopic (exact) mass is 323 g/mol. The van der Waals surface area contributed by atoms with Crippen LogP contribution in [0.5, 0.6) is 0 Å². The highest BCUT2D eigenvalue weighted by molar-refractivity contribution is 6.01. The molecular formula is C19H25N5. The lowest BCUT2D eigenvalue weighted by atomic mass is 10.0. The first-order valence-electron chi connectivity index (χ1n) is 8.91. The second-order valence-corrected chi connectivity index (χ2v) is 7.16. The van der Waals surface area contributed by atoms with Crippen LogP contribution in [0.3, 0.4) is 0 Å². The number of allylic oxidation sites excluding steroid dienone is 6. The van der Waals surface area contributed by atoms with E-state index in [1.54, 1.807) is 0 Å². The Morgan fingerprint density at radius 2 is 1.33 bits per heavy atom. The van der Waals surface area contributed by atoms with E-state index >= 15 is 0 Å². The fourth-order valence-corrected chi connectivity index (χ4v) is 4.22. The van der Waals surface area contributed by atoms with Crippen molar-refractivity contribution in [3.63, 3.8) is 0 Å². The number of aliphatic imine (C=N–C) groups is 3. The molecule has 1 fully saturated rings. The average molecular weight is 323 g/mol. The molecule has 4 N–H and O–H groups in total. The molecule has 5 heterocycles. The van der Waals surface area contributed by atoms with Crippen LogP contribution in [-0.2, 0) is 0 Å². The topological polar surface area (TPSA) is 84.1 Å². The molecule has 0 radical (unpaired) electrons. The molecule has 0 aromatic carbocycles. The molecule has 1 saturated heterocycles. The number of hydrogen-bond donors (Lipinski definition) is 2. The molecule has 0 spiro atoms. The quantitative estimate of drug-likeness (QED) is 0.713. The molecule has 2 atom stereocenters. The molecule has 5 heteroatoms. The molecule has 0 saturated carbocycles. The summed E-state index contributed by atoms with van der Waals surface area (Å²) in [6, 6.07) is 0.778. The summed E-state index contributed by atoms with van der Waals surface area (Å²) in [4.78, 5) is 14.7. The molecule has 126 valence electrons. The van der Waals surface area contributed by atoms with Gasteiger partial charge in [-0.25, -0.2) is 0 Å². The van der Waals surface area contributed by atoms with Crippen LogP contribution in [-0.4, -0.2) is 29.2 Å². The minimum atomic E-state index is 0. The Kier molecular flexibility index (Phi) is 3.96. The molecule has 24 heavy (non-hydrogen) atoms. The molecule has 8 bridgehead atoms. The molecular weight excluding hydrogens is 298 g/mol. The van der Waals surface area contributed by atoms with Gasteiger partial charge in [0.25, 0.3) is 0 Å². The predicted molar refractivity (Wildman–Crippen MR) is 99.2 cm³/mol. The van der Waals surface area contributed by atoms with Crippen molar-refractivity contribution in [1.29, 1.82) is 0 Å². The molecule has 0 aromatic heterocycles. The number of nitrogens with zero attached hydrogens (tertiary/aromatic N) is 3. The van der Waals surface area contributed by atoms with Crippen molar-refractivity contribution in [2.75, 3.05) is 0 Å². The zero-order valence-electron chi connectivity index (χ0n) is 14.1. The Hall–Kier alpha value is -2.01. The van der Waals surface area contributed by atoms with Crippen LogP contribution in [0.2, 0.25) is 0 Å². The average Bonchev–Trinajstić information content (AvgIpc) is 3.28. The summed E-state index contributed by atoms with van der Waals surface area (Å²) in [5, 5.41) is 3.57. The fraction of sp³-hybridized carbons (Fsp3) is 0.526. The second-order valence-electron chi connectivity index (χ2n) is 7.16. The maximum atomic E-state index is 4.97. The van der Waals surface area contributed by atoms with Gasteiger partial charge in [0.05, 0.1) is 12.1 Å². The molecule has 5 nitrogen and oxygen atoms in total. The van der Waals surface area contributed by atoms with E-state index in [2.05, 4.69) is 23.5 Å². The van der Waals surface area contributed by atoms with Crippen molar-refractivity contribution < 1.29 is 0 Å². The van der Waals surface area contributed by atoms with Crippen LogP contribution < -0.4 is 11.5 Å². The minimum Gasteiger partial charge on any atom is -0.362 e. The van der Waals surface area contributed by atoms with Gasteiger partial charge in [0.1, 0.15) is 0 Å². The zero-order valence-corrected chi connectivity index (χ0v) is 14.1. The van der Waals surface area contributed by atoms with E-state index in [9.17, 15) is 0 Å². The largest absolute Gasteiger partial charge is 0.362 e. The van der Waals surface area contributed by atoms with Gasteiger partial charge in [0.15, 0.2) is 0 Å². The van der Waals surface area contributed by atoms with Crippen LogP contribution in [0.4, 0.5) is 0 Å². The van der Waals surface area contributed by atoms with Crippen molar-refractivity contribution in [2.24, 2.45) is 15.0 Å². The maximum absolute atomic E-state index is 4.97. The first kappa shape index (κ1) is 15.5. The van der Waals surface area contributed by atoms with Crippen molar-refractivity contribution in [2.45, 2.75) is 63.5 Å². The minimum absolute atomic E-state index is 0. The second kappa shape index (κ2) is 6.13. The van der Waals surface area contributed by atoms with Gasteiger partial charge in [-0.05, 0) is 69.6 Å². The summed E-state index contributed by atoms with van der Waals surface area (Å²) in [6.45, 7) is 0. The molecule has 5 aliphatic rings. The first-order valence-corrected chi connectivity index (χ1v) is 8.91. The van der Waals surface area contributed by atoms with Gasteiger partial charge in [-0.15, -0.1) is 0 Å². The van der Waals surface area contributed by atoms with E-state index in [0.717, 1.165) is 51.4 Å². The van der Waals surface area contributed by atoms with Crippen LogP contribution in [0.25, 0.3) is 0 Å². The van der Waals surface area contributed by atoms with E-state index in [-0.39, 0.29) is 6.15 Å². The Bertz CT molecular complexity index is 735. The molecule has 0 aliphatic carbocycles. The third kappa shape index (κ3) is 2.88. The van der Waals surface area contributed by atoms with Gasteiger partial charge >= 0.3 is 0 Å². The summed E-state index contributed by atoms with van der Waals surface area (Å²) in [6.07, 6.45) is 15.6. The summed E-state index contributed by atoms with van der Waals surface area (Å²) in [5.41, 5.74) is 7.53. The lowest BCUT2D eigenvalue weighted by Gasteiger charge is -2.11. The number of hydrogen-bond acceptors (Lipinski definition) is 5. The maximum Gasteiger partial charge on any atom is 0.0730 e. The summed E-state index contributed by atoms with van der Waals surface area (Å²) < 4.78 is 0. The predicted octanol–water partition coefficient (Wildman–Crippen LogP) is 3.64. The van der Waals surface area contributed by atoms with Crippen molar-refractivity contribution in [1.82, 2.24) is 11.5 Å². The van der Waals surface area contributed by atoms with E-state index < -0.39 is 0 Å². The van der Waals surface area contributed by atoms with Crippen LogP contribution in [0.1, 0.15) is 51.4 Å². The normalized spacial score (nSPS) is 30.7. The molecule has 5 aliphatic heterocycles. The van der Waals surface area contributed by atoms with Crippen molar-refractivity contribution >= 4 is 17.1 Å². The van der Waals surface area contributed by atoms with Crippen molar-refractivity contribution in [3.05, 3.63) is 35.3 Å². The van der Waals surface area contributed by atoms with Gasteiger partial charge in [0.2, 0.25) is 0 Å². The van der Waals surface area contributed by atoms with Gasteiger partial charge in [-0.3, -0.25) is 15.0 Å². The highest BCUT2D eigenvalue weighted by atomic mass is 15.0. The lowest BCUT2D eigenvalue weighted by Crippen LogP contribution is -2.17. The third-order valence-electron chi connectivity index (χ3n) is 5.42. The summed E-state index contributed by atoms with van der Waals surface area (Å²) in [5.74, 6) is 0. The van der Waals surface area contributed by atoms with E-state index in [1.807, 2.05) is 0 Å². The number of nitrogens with one attached hydrogen (secondary N) is 1. The highest BCUT2D eigenvalue weighted by Gasteiger charge is 2.29. The smallest absolute Gasteiger partial charge is 0.0730 e. The third-order valence-corrected chi connectivity index (χ3v) is 5.42. The van der Waals surface area contributed by atoms with E-state index in [1.165, 1.54) is 34.2 Å². The SMILES string of the molecule is C1=C2CCC(=N2)C=C2CCC(=CC3=NC(CC3)C3CCC1=N3)N2.N. The zero-order chi connectivity index (χ0) is 15.2. The van der Waals surface area contributed by atoms with E-state index in [4.69, 9.17) is 15.0 Å². The Labute approximate surface area is 143 Å². The van der Waals surface area contributed by atoms with Crippen LogP contribution in [0, 0.1) is 0 Å². The van der Waals surface area contributed by atoms with E-state index in [0.29, 0.717) is 12.1 Å². The lowest BCUT2D eigenvalue weighted by molar-refractivity contribution is 0.527.